The van der Waals surface area contributed by atoms with Crippen LogP contribution in [-0.4, -0.2) is 31.2 Å². The third kappa shape index (κ3) is 2.71. The molecular weight excluding hydrogens is 334 g/mol. The monoisotopic (exact) mass is 351 g/mol. The molecule has 0 radical (unpaired) electrons. The maximum atomic E-state index is 12.7. The molecule has 1 saturated carbocycles. The molecule has 0 aromatic heterocycles. The molecule has 1 fully saturated rings. The van der Waals surface area contributed by atoms with Crippen LogP contribution in [0.4, 0.5) is 5.69 Å². The number of amides is 1. The quantitative estimate of drug-likeness (QED) is 0.797. The van der Waals surface area contributed by atoms with Crippen molar-refractivity contribution in [2.75, 3.05) is 19.5 Å². The number of halogens is 1. The zero-order chi connectivity index (χ0) is 17.4. The predicted molar refractivity (Wildman–Crippen MR) is 88.5 cm³/mol. The van der Waals surface area contributed by atoms with Crippen molar-refractivity contribution in [3.8, 4) is 11.5 Å². The van der Waals surface area contributed by atoms with Gasteiger partial charge in [-0.25, -0.2) is 0 Å². The van der Waals surface area contributed by atoms with Gasteiger partial charge in [-0.05, 0) is 24.3 Å². The van der Waals surface area contributed by atoms with Crippen molar-refractivity contribution in [2.24, 2.45) is 23.7 Å². The van der Waals surface area contributed by atoms with E-state index in [2.05, 4.69) is 5.32 Å². The SMILES string of the molecule is COc1cc(OC)c(NC(=O)[C@H]2[C@H](C(=O)O)[C@H]3C=C[C@H]2C3)cc1Cl. The number of carboxylic acid groups (broad SMARTS) is 1. The first-order valence-corrected chi connectivity index (χ1v) is 7.97. The topological polar surface area (TPSA) is 84.9 Å². The third-order valence-corrected chi connectivity index (χ3v) is 5.07. The minimum atomic E-state index is -0.938. The molecule has 2 aliphatic rings. The third-order valence-electron chi connectivity index (χ3n) is 4.78. The van der Waals surface area contributed by atoms with Gasteiger partial charge in [-0.15, -0.1) is 0 Å². The number of hydrogen-bond acceptors (Lipinski definition) is 4. The number of allylic oxidation sites excluding steroid dienone is 2. The lowest BCUT2D eigenvalue weighted by molar-refractivity contribution is -0.146. The van der Waals surface area contributed by atoms with Gasteiger partial charge in [0.15, 0.2) is 0 Å². The van der Waals surface area contributed by atoms with Gasteiger partial charge in [-0.2, -0.15) is 0 Å². The Balaban J connectivity index is 1.86. The fourth-order valence-electron chi connectivity index (χ4n) is 3.69. The number of fused-ring (bicyclic) bond motifs is 2. The van der Waals surface area contributed by atoms with E-state index in [1.165, 1.54) is 20.3 Å². The molecule has 1 amide bonds. The molecule has 0 unspecified atom stereocenters. The number of ether oxygens (including phenoxy) is 2. The smallest absolute Gasteiger partial charge is 0.307 e. The van der Waals surface area contributed by atoms with Crippen molar-refractivity contribution < 1.29 is 24.2 Å². The normalized spacial score (nSPS) is 27.1. The van der Waals surface area contributed by atoms with Gasteiger partial charge in [0.25, 0.3) is 0 Å². The largest absolute Gasteiger partial charge is 0.495 e. The summed E-state index contributed by atoms with van der Waals surface area (Å²) in [7, 11) is 2.95. The zero-order valence-electron chi connectivity index (χ0n) is 13.3. The standard InChI is InChI=1S/C17H18ClNO5/c1-23-12-7-13(24-2)11(6-10(12)18)19-16(20)14-8-3-4-9(5-8)15(14)17(21)22/h3-4,6-9,14-15H,5H2,1-2H3,(H,19,20)(H,21,22)/t8-,9-,14+,15+/m0/s1. The second-order valence-electron chi connectivity index (χ2n) is 6.01. The van der Waals surface area contributed by atoms with E-state index in [0.29, 0.717) is 28.6 Å². The van der Waals surface area contributed by atoms with E-state index >= 15 is 0 Å². The van der Waals surface area contributed by atoms with Gasteiger partial charge in [0, 0.05) is 6.07 Å². The predicted octanol–water partition coefficient (Wildman–Crippen LogP) is 2.82. The Kier molecular flexibility index (Phi) is 4.41. The molecule has 2 N–H and O–H groups in total. The van der Waals surface area contributed by atoms with Crippen LogP contribution in [0.5, 0.6) is 11.5 Å². The van der Waals surface area contributed by atoms with E-state index in [9.17, 15) is 14.7 Å². The number of aliphatic carboxylic acids is 1. The van der Waals surface area contributed by atoms with Gasteiger partial charge in [0.1, 0.15) is 11.5 Å². The van der Waals surface area contributed by atoms with Crippen molar-refractivity contribution in [3.63, 3.8) is 0 Å². The fraction of sp³-hybridized carbons (Fsp3) is 0.412. The number of rotatable bonds is 5. The molecule has 1 aromatic carbocycles. The highest BCUT2D eigenvalue weighted by Crippen LogP contribution is 2.48. The first-order chi connectivity index (χ1) is 11.5. The number of carbonyl (C=O) groups is 2. The lowest BCUT2D eigenvalue weighted by atomic mass is 9.82. The van der Waals surface area contributed by atoms with E-state index in [-0.39, 0.29) is 17.7 Å². The number of anilines is 1. The van der Waals surface area contributed by atoms with Gasteiger partial charge in [0.2, 0.25) is 5.91 Å². The summed E-state index contributed by atoms with van der Waals surface area (Å²) in [5, 5.41) is 12.6. The molecule has 6 nitrogen and oxygen atoms in total. The van der Waals surface area contributed by atoms with Crippen LogP contribution in [0.3, 0.4) is 0 Å². The van der Waals surface area contributed by atoms with Crippen LogP contribution in [0.25, 0.3) is 0 Å². The van der Waals surface area contributed by atoms with E-state index in [0.717, 1.165) is 0 Å². The Morgan fingerprint density at radius 3 is 2.33 bits per heavy atom. The van der Waals surface area contributed by atoms with Crippen molar-refractivity contribution in [2.45, 2.75) is 6.42 Å². The first kappa shape index (κ1) is 16.6. The average Bonchev–Trinajstić information content (AvgIpc) is 3.16. The lowest BCUT2D eigenvalue weighted by Crippen LogP contribution is -2.36. The fourth-order valence-corrected chi connectivity index (χ4v) is 3.93. The van der Waals surface area contributed by atoms with E-state index in [1.807, 2.05) is 12.2 Å². The number of carbonyl (C=O) groups excluding carboxylic acids is 1. The molecule has 128 valence electrons. The highest BCUT2D eigenvalue weighted by molar-refractivity contribution is 6.32. The number of nitrogens with one attached hydrogen (secondary N) is 1. The number of hydrogen-bond donors (Lipinski definition) is 2. The summed E-state index contributed by atoms with van der Waals surface area (Å²) in [6.45, 7) is 0. The maximum Gasteiger partial charge on any atom is 0.307 e. The Hall–Kier alpha value is -2.21. The average molecular weight is 352 g/mol. The highest BCUT2D eigenvalue weighted by atomic mass is 35.5. The van der Waals surface area contributed by atoms with Crippen molar-refractivity contribution in [3.05, 3.63) is 29.3 Å². The Morgan fingerprint density at radius 1 is 1.12 bits per heavy atom. The van der Waals surface area contributed by atoms with Gasteiger partial charge >= 0.3 is 5.97 Å². The first-order valence-electron chi connectivity index (χ1n) is 7.59. The molecule has 0 heterocycles. The molecule has 24 heavy (non-hydrogen) atoms. The lowest BCUT2D eigenvalue weighted by Gasteiger charge is -2.24. The van der Waals surface area contributed by atoms with Crippen LogP contribution in [0.15, 0.2) is 24.3 Å². The van der Waals surface area contributed by atoms with Crippen LogP contribution in [0, 0.1) is 23.7 Å². The Labute approximate surface area is 144 Å². The molecule has 7 heteroatoms. The van der Waals surface area contributed by atoms with Crippen molar-refractivity contribution in [1.82, 2.24) is 0 Å². The summed E-state index contributed by atoms with van der Waals surface area (Å²) >= 11 is 6.11. The summed E-state index contributed by atoms with van der Waals surface area (Å²) in [5.41, 5.74) is 0.393. The number of methoxy groups -OCH3 is 2. The molecule has 4 atom stereocenters. The second kappa shape index (κ2) is 6.36. The molecular formula is C17H18ClNO5. The molecule has 3 rings (SSSR count). The van der Waals surface area contributed by atoms with Crippen LogP contribution >= 0.6 is 11.6 Å². The molecule has 1 aromatic rings. The van der Waals surface area contributed by atoms with E-state index < -0.39 is 17.8 Å². The van der Waals surface area contributed by atoms with E-state index in [4.69, 9.17) is 21.1 Å². The van der Waals surface area contributed by atoms with Crippen LogP contribution in [-0.2, 0) is 9.59 Å². The maximum absolute atomic E-state index is 12.7. The van der Waals surface area contributed by atoms with Gasteiger partial charge < -0.3 is 19.9 Å². The van der Waals surface area contributed by atoms with Crippen molar-refractivity contribution >= 4 is 29.2 Å². The summed E-state index contributed by atoms with van der Waals surface area (Å²) in [4.78, 5) is 24.3. The number of benzene rings is 1. The van der Waals surface area contributed by atoms with Gasteiger partial charge in [-0.3, -0.25) is 9.59 Å². The van der Waals surface area contributed by atoms with Crippen LogP contribution in [0.1, 0.15) is 6.42 Å². The van der Waals surface area contributed by atoms with Crippen molar-refractivity contribution in [1.29, 1.82) is 0 Å². The molecule has 0 aliphatic heterocycles. The van der Waals surface area contributed by atoms with Crippen LogP contribution in [0.2, 0.25) is 5.02 Å². The second-order valence-corrected chi connectivity index (χ2v) is 6.42. The van der Waals surface area contributed by atoms with E-state index in [1.54, 1.807) is 6.07 Å². The minimum absolute atomic E-state index is 0.0455. The zero-order valence-corrected chi connectivity index (χ0v) is 14.0. The molecule has 0 saturated heterocycles. The van der Waals surface area contributed by atoms with Gasteiger partial charge in [-0.1, -0.05) is 23.8 Å². The summed E-state index contributed by atoms with van der Waals surface area (Å²) < 4.78 is 10.4. The summed E-state index contributed by atoms with van der Waals surface area (Å²) in [5.74, 6) is -1.86. The summed E-state index contributed by atoms with van der Waals surface area (Å²) in [6.07, 6.45) is 4.54. The highest BCUT2D eigenvalue weighted by Gasteiger charge is 2.51. The van der Waals surface area contributed by atoms with Crippen LogP contribution < -0.4 is 14.8 Å². The molecule has 2 bridgehead atoms. The minimum Gasteiger partial charge on any atom is -0.495 e. The summed E-state index contributed by atoms with van der Waals surface area (Å²) in [6, 6.07) is 3.11. The molecule has 0 spiro atoms. The molecule has 2 aliphatic carbocycles. The Morgan fingerprint density at radius 2 is 1.75 bits per heavy atom. The van der Waals surface area contributed by atoms with Gasteiger partial charge in [0.05, 0.1) is 36.8 Å². The number of carboxylic acids is 1. The Bertz CT molecular complexity index is 717.